The zero-order chi connectivity index (χ0) is 17.6. The van der Waals surface area contributed by atoms with Crippen LogP contribution >= 0.6 is 0 Å². The molecule has 2 atom stereocenters. The number of nitrogens with one attached hydrogen (secondary N) is 1. The van der Waals surface area contributed by atoms with Crippen LogP contribution in [0.2, 0.25) is 0 Å². The second-order valence-corrected chi connectivity index (χ2v) is 7.62. The van der Waals surface area contributed by atoms with Crippen LogP contribution in [0, 0.1) is 11.7 Å². The first-order valence-electron chi connectivity index (χ1n) is 8.11. The van der Waals surface area contributed by atoms with E-state index in [1.165, 1.54) is 19.2 Å². The molecule has 0 heterocycles. The molecule has 1 aliphatic rings. The molecule has 2 unspecified atom stereocenters. The summed E-state index contributed by atoms with van der Waals surface area (Å²) in [6.45, 7) is 0.912. The van der Waals surface area contributed by atoms with Gasteiger partial charge in [-0.3, -0.25) is 0 Å². The van der Waals surface area contributed by atoms with Gasteiger partial charge >= 0.3 is 0 Å². The highest BCUT2D eigenvalue weighted by molar-refractivity contribution is 7.89. The van der Waals surface area contributed by atoms with Gasteiger partial charge in [0.15, 0.2) is 0 Å². The summed E-state index contributed by atoms with van der Waals surface area (Å²) in [4.78, 5) is -0.194. The van der Waals surface area contributed by atoms with E-state index in [1.807, 2.05) is 0 Å². The van der Waals surface area contributed by atoms with E-state index in [-0.39, 0.29) is 29.2 Å². The van der Waals surface area contributed by atoms with E-state index in [9.17, 15) is 12.8 Å². The average Bonchev–Trinajstić information content (AvgIpc) is 2.56. The van der Waals surface area contributed by atoms with Gasteiger partial charge in [0.1, 0.15) is 23.1 Å². The van der Waals surface area contributed by atoms with Gasteiger partial charge in [0.2, 0.25) is 10.0 Å². The van der Waals surface area contributed by atoms with Crippen LogP contribution in [-0.4, -0.2) is 41.3 Å². The predicted octanol–water partition coefficient (Wildman–Crippen LogP) is 1.65. The molecule has 1 aliphatic carbocycles. The molecule has 8 heteroatoms. The van der Waals surface area contributed by atoms with Crippen LogP contribution < -0.4 is 15.2 Å². The standard InChI is InChI=1S/C16H25FN2O4S/c1-22-8-9-23-15-7-6-13(17)10-16(15)24(20,21)19-14-5-3-2-4-12(14)11-18/h6-7,10,12,14,19H,2-5,8-9,11,18H2,1H3. The Hall–Kier alpha value is -1.22. The number of ether oxygens (including phenoxy) is 2. The smallest absolute Gasteiger partial charge is 0.244 e. The van der Waals surface area contributed by atoms with Gasteiger partial charge in [0.25, 0.3) is 0 Å². The van der Waals surface area contributed by atoms with Crippen LogP contribution in [0.25, 0.3) is 0 Å². The first kappa shape index (κ1) is 19.1. The zero-order valence-corrected chi connectivity index (χ0v) is 14.6. The van der Waals surface area contributed by atoms with Crippen molar-refractivity contribution in [3.8, 4) is 5.75 Å². The van der Waals surface area contributed by atoms with Gasteiger partial charge in [-0.1, -0.05) is 12.8 Å². The van der Waals surface area contributed by atoms with Crippen molar-refractivity contribution < 1.29 is 22.3 Å². The average molecular weight is 360 g/mol. The van der Waals surface area contributed by atoms with Crippen molar-refractivity contribution in [3.63, 3.8) is 0 Å². The summed E-state index contributed by atoms with van der Waals surface area (Å²) in [6, 6.07) is 3.24. The molecule has 0 amide bonds. The molecule has 1 saturated carbocycles. The highest BCUT2D eigenvalue weighted by Gasteiger charge is 2.30. The summed E-state index contributed by atoms with van der Waals surface area (Å²) >= 11 is 0. The maximum absolute atomic E-state index is 13.6. The zero-order valence-electron chi connectivity index (χ0n) is 13.8. The largest absolute Gasteiger partial charge is 0.490 e. The van der Waals surface area contributed by atoms with Crippen molar-refractivity contribution in [2.45, 2.75) is 36.6 Å². The molecule has 0 radical (unpaired) electrons. The molecule has 0 spiro atoms. The molecule has 3 N–H and O–H groups in total. The lowest BCUT2D eigenvalue weighted by molar-refractivity contribution is 0.144. The Morgan fingerprint density at radius 1 is 1.29 bits per heavy atom. The van der Waals surface area contributed by atoms with Crippen molar-refractivity contribution in [1.82, 2.24) is 4.72 Å². The van der Waals surface area contributed by atoms with Gasteiger partial charge in [-0.15, -0.1) is 0 Å². The number of halogens is 1. The van der Waals surface area contributed by atoms with E-state index in [0.717, 1.165) is 31.7 Å². The lowest BCUT2D eigenvalue weighted by atomic mass is 9.85. The molecule has 0 aromatic heterocycles. The topological polar surface area (TPSA) is 90.6 Å². The Bertz CT molecular complexity index is 639. The number of benzene rings is 1. The molecule has 1 aromatic carbocycles. The summed E-state index contributed by atoms with van der Waals surface area (Å²) < 4.78 is 52.1. The number of sulfonamides is 1. The van der Waals surface area contributed by atoms with Gasteiger partial charge in [-0.25, -0.2) is 17.5 Å². The monoisotopic (exact) mass is 360 g/mol. The Morgan fingerprint density at radius 2 is 2.04 bits per heavy atom. The van der Waals surface area contributed by atoms with Gasteiger partial charge in [0.05, 0.1) is 6.61 Å². The first-order chi connectivity index (χ1) is 11.5. The SMILES string of the molecule is COCCOc1ccc(F)cc1S(=O)(=O)NC1CCCCC1CN. The molecule has 0 bridgehead atoms. The molecule has 1 aromatic rings. The minimum Gasteiger partial charge on any atom is -0.490 e. The van der Waals surface area contributed by atoms with Crippen molar-refractivity contribution in [2.75, 3.05) is 26.9 Å². The minimum absolute atomic E-state index is 0.0972. The summed E-state index contributed by atoms with van der Waals surface area (Å²) in [5, 5.41) is 0. The van der Waals surface area contributed by atoms with Crippen molar-refractivity contribution in [3.05, 3.63) is 24.0 Å². The quantitative estimate of drug-likeness (QED) is 0.688. The van der Waals surface area contributed by atoms with Crippen molar-refractivity contribution in [2.24, 2.45) is 11.7 Å². The van der Waals surface area contributed by atoms with Crippen LogP contribution in [0.5, 0.6) is 5.75 Å². The van der Waals surface area contributed by atoms with Crippen molar-refractivity contribution in [1.29, 1.82) is 0 Å². The van der Waals surface area contributed by atoms with Crippen LogP contribution in [-0.2, 0) is 14.8 Å². The number of rotatable bonds is 8. The third-order valence-corrected chi connectivity index (χ3v) is 5.77. The lowest BCUT2D eigenvalue weighted by Gasteiger charge is -2.31. The maximum Gasteiger partial charge on any atom is 0.244 e. The van der Waals surface area contributed by atoms with E-state index >= 15 is 0 Å². The summed E-state index contributed by atoms with van der Waals surface area (Å²) in [7, 11) is -2.39. The Balaban J connectivity index is 2.22. The summed E-state index contributed by atoms with van der Waals surface area (Å²) in [5.74, 6) is -0.422. The Kier molecular flexibility index (Phi) is 6.97. The molecule has 6 nitrogen and oxygen atoms in total. The van der Waals surface area contributed by atoms with E-state index in [1.54, 1.807) is 0 Å². The fourth-order valence-electron chi connectivity index (χ4n) is 2.95. The maximum atomic E-state index is 13.6. The third-order valence-electron chi connectivity index (χ3n) is 4.26. The summed E-state index contributed by atoms with van der Waals surface area (Å²) in [6.07, 6.45) is 3.62. The number of hydrogen-bond donors (Lipinski definition) is 2. The number of nitrogens with two attached hydrogens (primary N) is 1. The van der Waals surface area contributed by atoms with Crippen LogP contribution in [0.4, 0.5) is 4.39 Å². The van der Waals surface area contributed by atoms with E-state index < -0.39 is 15.8 Å². The minimum atomic E-state index is -3.90. The second kappa shape index (κ2) is 8.75. The predicted molar refractivity (Wildman–Crippen MR) is 88.9 cm³/mol. The number of hydrogen-bond acceptors (Lipinski definition) is 5. The Labute approximate surface area is 142 Å². The van der Waals surface area contributed by atoms with Crippen LogP contribution in [0.15, 0.2) is 23.1 Å². The second-order valence-electron chi connectivity index (χ2n) is 5.94. The molecular formula is C16H25FN2O4S. The molecule has 1 fully saturated rings. The third kappa shape index (κ3) is 4.89. The van der Waals surface area contributed by atoms with E-state index in [2.05, 4.69) is 4.72 Å². The first-order valence-corrected chi connectivity index (χ1v) is 9.60. The van der Waals surface area contributed by atoms with Crippen LogP contribution in [0.1, 0.15) is 25.7 Å². The number of methoxy groups -OCH3 is 1. The fourth-order valence-corrected chi connectivity index (χ4v) is 4.45. The lowest BCUT2D eigenvalue weighted by Crippen LogP contribution is -2.44. The highest BCUT2D eigenvalue weighted by Crippen LogP contribution is 2.28. The normalized spacial score (nSPS) is 21.6. The summed E-state index contributed by atoms with van der Waals surface area (Å²) in [5.41, 5.74) is 5.75. The van der Waals surface area contributed by atoms with Gasteiger partial charge in [-0.05, 0) is 43.5 Å². The van der Waals surface area contributed by atoms with Crippen molar-refractivity contribution >= 4 is 10.0 Å². The van der Waals surface area contributed by atoms with E-state index in [4.69, 9.17) is 15.2 Å². The van der Waals surface area contributed by atoms with E-state index in [0.29, 0.717) is 13.2 Å². The molecule has 136 valence electrons. The Morgan fingerprint density at radius 3 is 2.75 bits per heavy atom. The van der Waals surface area contributed by atoms with Gasteiger partial charge < -0.3 is 15.2 Å². The molecule has 0 saturated heterocycles. The highest BCUT2D eigenvalue weighted by atomic mass is 32.2. The van der Waals surface area contributed by atoms with Crippen LogP contribution in [0.3, 0.4) is 0 Å². The molecular weight excluding hydrogens is 335 g/mol. The van der Waals surface area contributed by atoms with Gasteiger partial charge in [0, 0.05) is 13.2 Å². The fraction of sp³-hybridized carbons (Fsp3) is 0.625. The molecule has 0 aliphatic heterocycles. The molecule has 24 heavy (non-hydrogen) atoms. The van der Waals surface area contributed by atoms with Gasteiger partial charge in [-0.2, -0.15) is 0 Å². The molecule has 2 rings (SSSR count).